The summed E-state index contributed by atoms with van der Waals surface area (Å²) in [5.74, 6) is -1.09. The van der Waals surface area contributed by atoms with E-state index in [4.69, 9.17) is 106 Å². The predicted octanol–water partition coefficient (Wildman–Crippen LogP) is 17.7. The minimum Gasteiger partial charge on any atom is -0.462 e. The SMILES string of the molecule is O=C(CCl)OC[C@H]1O[C@H](OC[C@H]2O[C@H](OC[C@H]3O[C@H](OC[C@H]4O[C@H](O)[C@@H](OCc5ccccc5)[C@@H](OCc5ccccc5)[C@@H]4OCc4ccccc4)[C@@H](OCc4ccccc4)[C@@H](OCc4ccccc4)[C@@H]3OCc3ccccc3)[C@@H](OCc3ccccc3)[C@@H](OCc3ccccc3)[C@@H]2OCc2ccccc2)[C@@H](OCc2ccccc2)[C@@H](OCc2ccccc2)[C@@H]1OCc1ccccc1. The van der Waals surface area contributed by atoms with E-state index >= 15 is 0 Å². The number of rotatable bonds is 48. The Bertz CT molecular complexity index is 5230. The average molecular weight is 1820 g/mol. The third kappa shape index (κ3) is 28.4. The summed E-state index contributed by atoms with van der Waals surface area (Å²) in [7, 11) is 0. The zero-order valence-electron chi connectivity index (χ0n) is 74.1. The number of alkyl halides is 1. The van der Waals surface area contributed by atoms with Crippen LogP contribution in [0.4, 0.5) is 0 Å². The molecule has 1 N–H and O–H groups in total. The third-order valence-electron chi connectivity index (χ3n) is 23.6. The van der Waals surface area contributed by atoms with Gasteiger partial charge in [0, 0.05) is 0 Å². The number of ether oxygens (including phenoxy) is 20. The number of halogens is 1. The number of carbonyl (C=O) groups excluding carboxylic acids is 1. The molecule has 0 radical (unpaired) electrons. The van der Waals surface area contributed by atoms with Crippen LogP contribution in [0, 0.1) is 0 Å². The maximum Gasteiger partial charge on any atom is 0.320 e. The molecular formula is C110H115ClO22. The van der Waals surface area contributed by atoms with Crippen molar-refractivity contribution in [3.63, 3.8) is 0 Å². The largest absolute Gasteiger partial charge is 0.462 e. The van der Waals surface area contributed by atoms with Gasteiger partial charge in [0.1, 0.15) is 110 Å². The third-order valence-corrected chi connectivity index (χ3v) is 23.8. The van der Waals surface area contributed by atoms with Crippen molar-refractivity contribution in [3.05, 3.63) is 431 Å². The molecule has 4 aliphatic rings. The number of hydrogen-bond donors (Lipinski definition) is 1. The molecule has 4 saturated heterocycles. The Kier molecular flexibility index (Phi) is 37.0. The van der Waals surface area contributed by atoms with Crippen molar-refractivity contribution in [2.24, 2.45) is 0 Å². The highest BCUT2D eigenvalue weighted by Gasteiger charge is 2.56. The van der Waals surface area contributed by atoms with Crippen LogP contribution in [0.25, 0.3) is 0 Å². The summed E-state index contributed by atoms with van der Waals surface area (Å²) in [5, 5.41) is 12.6. The van der Waals surface area contributed by atoms with Gasteiger partial charge in [-0.3, -0.25) is 4.79 Å². The molecule has 694 valence electrons. The van der Waals surface area contributed by atoms with Gasteiger partial charge in [-0.1, -0.05) is 364 Å². The maximum atomic E-state index is 13.3. The standard InChI is InChI=1S/C110H115ClO22/c111-61-94(112)114-74-91-96(116-63-79-39-15-2-16-40-79)100(120-67-83-47-23-6-24-48-83)104(124-71-87-55-31-10-32-56-87)109(131-91)128-76-93-98(118-65-81-43-19-4-20-44-81)102(122-69-85-51-27-8-28-52-85)106(126-73-89-59-35-12-36-60-89)110(133-93)129-77-92-97(117-64-80-41-17-3-18-42-80)101(121-68-84-49-25-7-26-50-84)105(125-72-88-57-33-11-34-58-88)108(132-92)127-75-90-95(115-62-78-37-13-1-14-38-78)99(119-66-82-45-21-5-22-46-82)103(107(113)130-90)123-70-86-53-29-9-30-54-86/h1-60,90-93,95-110,113H,61-77H2/t90-,91-,92-,93-,95-,96-,97-,98-,99+,100+,101+,102+,103+,104+,105+,106+,107+,108+,109+,110+/m1/s1. The molecule has 0 spiro atoms. The van der Waals surface area contributed by atoms with Gasteiger partial charge in [0.05, 0.1) is 99.1 Å². The molecule has 133 heavy (non-hydrogen) atoms. The summed E-state index contributed by atoms with van der Waals surface area (Å²) in [6.07, 6.45) is -22.2. The summed E-state index contributed by atoms with van der Waals surface area (Å²) in [5.41, 5.74) is 10.4. The van der Waals surface area contributed by atoms with Crippen molar-refractivity contribution in [1.82, 2.24) is 0 Å². The van der Waals surface area contributed by atoms with Crippen molar-refractivity contribution in [3.8, 4) is 0 Å². The van der Waals surface area contributed by atoms with E-state index in [1.165, 1.54) is 0 Å². The molecular weight excluding hydrogens is 1710 g/mol. The van der Waals surface area contributed by atoms with Gasteiger partial charge in [-0.15, -0.1) is 11.6 Å². The molecule has 16 rings (SSSR count). The maximum absolute atomic E-state index is 13.3. The first-order chi connectivity index (χ1) is 65.7. The lowest BCUT2D eigenvalue weighted by Gasteiger charge is -2.49. The molecule has 4 aliphatic heterocycles. The highest BCUT2D eigenvalue weighted by molar-refractivity contribution is 6.26. The topological polar surface area (TPSA) is 222 Å². The van der Waals surface area contributed by atoms with Crippen LogP contribution in [0.2, 0.25) is 0 Å². The van der Waals surface area contributed by atoms with E-state index in [1.807, 2.05) is 364 Å². The number of aliphatic hydroxyl groups is 1. The van der Waals surface area contributed by atoms with Gasteiger partial charge in [0.15, 0.2) is 25.2 Å². The highest BCUT2D eigenvalue weighted by atomic mass is 35.5. The lowest BCUT2D eigenvalue weighted by atomic mass is 9.96. The summed E-state index contributed by atoms with van der Waals surface area (Å²) in [4.78, 5) is 13.3. The van der Waals surface area contributed by atoms with E-state index in [9.17, 15) is 9.90 Å². The van der Waals surface area contributed by atoms with E-state index < -0.39 is 135 Å². The molecule has 12 aromatic rings. The number of carbonyl (C=O) groups is 1. The smallest absolute Gasteiger partial charge is 0.320 e. The zero-order chi connectivity index (χ0) is 90.6. The minimum atomic E-state index is -1.56. The Labute approximate surface area is 782 Å². The fourth-order valence-corrected chi connectivity index (χ4v) is 16.8. The van der Waals surface area contributed by atoms with Crippen molar-refractivity contribution in [2.45, 2.75) is 202 Å². The monoisotopic (exact) mass is 1820 g/mol. The van der Waals surface area contributed by atoms with Gasteiger partial charge in [-0.25, -0.2) is 0 Å². The van der Waals surface area contributed by atoms with Crippen LogP contribution >= 0.6 is 11.6 Å². The van der Waals surface area contributed by atoms with E-state index in [0.717, 1.165) is 66.8 Å². The normalized spacial score (nSPS) is 25.3. The van der Waals surface area contributed by atoms with Crippen LogP contribution in [0.3, 0.4) is 0 Å². The molecule has 22 nitrogen and oxygen atoms in total. The van der Waals surface area contributed by atoms with Crippen LogP contribution in [0.1, 0.15) is 66.8 Å². The molecule has 0 unspecified atom stereocenters. The minimum absolute atomic E-state index is 0.0664. The highest BCUT2D eigenvalue weighted by Crippen LogP contribution is 2.40. The Hall–Kier alpha value is -10.4. The Morgan fingerprint density at radius 3 is 0.556 bits per heavy atom. The van der Waals surface area contributed by atoms with Gasteiger partial charge >= 0.3 is 5.97 Å². The van der Waals surface area contributed by atoms with Crippen molar-refractivity contribution < 1.29 is 105 Å². The molecule has 23 heteroatoms. The van der Waals surface area contributed by atoms with Crippen LogP contribution in [0.5, 0.6) is 0 Å². The van der Waals surface area contributed by atoms with E-state index in [1.54, 1.807) is 0 Å². The number of benzene rings is 12. The number of esters is 1. The number of hydrogen-bond acceptors (Lipinski definition) is 22. The lowest BCUT2D eigenvalue weighted by molar-refractivity contribution is -0.366. The molecule has 4 fully saturated rings. The van der Waals surface area contributed by atoms with Crippen LogP contribution in [0.15, 0.2) is 364 Å². The average Bonchev–Trinajstić information content (AvgIpc) is 0.778. The first-order valence-electron chi connectivity index (χ1n) is 45.5. The molecule has 0 aromatic heterocycles. The molecule has 0 bridgehead atoms. The van der Waals surface area contributed by atoms with Crippen molar-refractivity contribution in [2.75, 3.05) is 32.3 Å². The van der Waals surface area contributed by atoms with Gasteiger partial charge < -0.3 is 99.8 Å². The quantitative estimate of drug-likeness (QED) is 0.0276. The van der Waals surface area contributed by atoms with Crippen LogP contribution in [-0.4, -0.2) is 166 Å². The summed E-state index contributed by atoms with van der Waals surface area (Å²) >= 11 is 6.20. The molecule has 12 aromatic carbocycles. The van der Waals surface area contributed by atoms with E-state index in [-0.39, 0.29) is 106 Å². The first kappa shape index (κ1) is 95.7. The summed E-state index contributed by atoms with van der Waals surface area (Å²) < 4.78 is 144. The van der Waals surface area contributed by atoms with Gasteiger partial charge in [0.2, 0.25) is 0 Å². The van der Waals surface area contributed by atoms with Gasteiger partial charge in [0.25, 0.3) is 0 Å². The Morgan fingerprint density at radius 1 is 0.203 bits per heavy atom. The number of aliphatic hydroxyl groups excluding tert-OH is 1. The fraction of sp³-hybridized carbons (Fsp3) is 0.336. The van der Waals surface area contributed by atoms with E-state index in [0.29, 0.717) is 0 Å². The second kappa shape index (κ2) is 51.3. The Morgan fingerprint density at radius 2 is 0.361 bits per heavy atom. The van der Waals surface area contributed by atoms with Gasteiger partial charge in [-0.05, 0) is 66.8 Å². The summed E-state index contributed by atoms with van der Waals surface area (Å²) in [6.45, 7) is 0.0658. The van der Waals surface area contributed by atoms with Crippen molar-refractivity contribution in [1.29, 1.82) is 0 Å². The fourth-order valence-electron chi connectivity index (χ4n) is 16.7. The van der Waals surface area contributed by atoms with Crippen LogP contribution in [-0.2, 0) is 179 Å². The molecule has 0 amide bonds. The van der Waals surface area contributed by atoms with Crippen LogP contribution < -0.4 is 0 Å². The molecule has 0 aliphatic carbocycles. The molecule has 0 saturated carbocycles. The van der Waals surface area contributed by atoms with Gasteiger partial charge in [-0.2, -0.15) is 0 Å². The summed E-state index contributed by atoms with van der Waals surface area (Å²) in [6, 6.07) is 118. The second-order valence-electron chi connectivity index (χ2n) is 33.1. The Balaban J connectivity index is 0.790. The zero-order valence-corrected chi connectivity index (χ0v) is 74.9. The lowest BCUT2D eigenvalue weighted by Crippen LogP contribution is -2.65. The van der Waals surface area contributed by atoms with Crippen molar-refractivity contribution >= 4 is 17.6 Å². The second-order valence-corrected chi connectivity index (χ2v) is 33.4. The molecule has 20 atom stereocenters. The first-order valence-corrected chi connectivity index (χ1v) is 46.0. The van der Waals surface area contributed by atoms with E-state index in [2.05, 4.69) is 0 Å². The predicted molar refractivity (Wildman–Crippen MR) is 497 cm³/mol. The molecule has 4 heterocycles.